The van der Waals surface area contributed by atoms with Gasteiger partial charge in [0, 0.05) is 31.7 Å². The molecule has 0 saturated heterocycles. The third kappa shape index (κ3) is 11.2. The minimum Gasteiger partial charge on any atom is -0.444 e. The second-order valence-electron chi connectivity index (χ2n) is 7.71. The zero-order valence-electron chi connectivity index (χ0n) is 18.3. The van der Waals surface area contributed by atoms with Gasteiger partial charge < -0.3 is 20.7 Å². The number of aliphatic imine (C=N–C) groups is 1. The third-order valence-corrected chi connectivity index (χ3v) is 3.99. The Balaban J connectivity index is 0.00000841. The van der Waals surface area contributed by atoms with E-state index in [1.165, 1.54) is 6.07 Å². The van der Waals surface area contributed by atoms with E-state index < -0.39 is 17.5 Å². The quantitative estimate of drug-likeness (QED) is 0.266. The number of benzene rings is 1. The number of ether oxygens (including phenoxy) is 1. The van der Waals surface area contributed by atoms with Gasteiger partial charge >= 0.3 is 6.09 Å². The summed E-state index contributed by atoms with van der Waals surface area (Å²) in [6.45, 7) is 8.13. The van der Waals surface area contributed by atoms with E-state index in [0.717, 1.165) is 19.3 Å². The molecule has 0 saturated carbocycles. The first kappa shape index (κ1) is 27.9. The molecule has 1 aromatic rings. The highest BCUT2D eigenvalue weighted by Crippen LogP contribution is 2.10. The molecule has 9 heteroatoms. The Morgan fingerprint density at radius 3 is 2.57 bits per heavy atom. The predicted molar refractivity (Wildman–Crippen MR) is 127 cm³/mol. The van der Waals surface area contributed by atoms with Gasteiger partial charge in [-0.2, -0.15) is 5.26 Å². The maximum absolute atomic E-state index is 14.1. The van der Waals surface area contributed by atoms with Crippen LogP contribution in [0.15, 0.2) is 23.2 Å². The number of unbranched alkanes of at least 4 members (excludes halogenated alkanes) is 1. The van der Waals surface area contributed by atoms with Crippen LogP contribution >= 0.6 is 24.0 Å². The molecule has 0 aliphatic carbocycles. The molecule has 0 fully saturated rings. The van der Waals surface area contributed by atoms with Crippen LogP contribution < -0.4 is 16.0 Å². The predicted octanol–water partition coefficient (Wildman–Crippen LogP) is 4.06. The van der Waals surface area contributed by atoms with E-state index in [1.54, 1.807) is 19.2 Å². The summed E-state index contributed by atoms with van der Waals surface area (Å²) in [5.41, 5.74) is 0.157. The maximum Gasteiger partial charge on any atom is 0.407 e. The zero-order valence-corrected chi connectivity index (χ0v) is 20.7. The Morgan fingerprint density at radius 1 is 1.33 bits per heavy atom. The number of nitrogens with zero attached hydrogens (tertiary/aromatic N) is 2. The summed E-state index contributed by atoms with van der Waals surface area (Å²) in [4.78, 5) is 16.1. The van der Waals surface area contributed by atoms with Crippen LogP contribution in [0.1, 0.15) is 58.1 Å². The number of halogens is 2. The second-order valence-corrected chi connectivity index (χ2v) is 7.71. The molecule has 0 aromatic heterocycles. The molecule has 0 heterocycles. The molecule has 0 radical (unpaired) electrons. The molecular weight excluding hydrogens is 500 g/mol. The van der Waals surface area contributed by atoms with Gasteiger partial charge in [0.15, 0.2) is 5.96 Å². The molecule has 0 spiro atoms. The molecular formula is C21H33FIN5O2. The topological polar surface area (TPSA) is 98.5 Å². The van der Waals surface area contributed by atoms with Crippen LogP contribution in [0.3, 0.4) is 0 Å². The van der Waals surface area contributed by atoms with Gasteiger partial charge in [-0.05, 0) is 39.3 Å². The number of hydrogen-bond donors (Lipinski definition) is 3. The van der Waals surface area contributed by atoms with Crippen molar-refractivity contribution in [1.29, 1.82) is 5.26 Å². The zero-order chi connectivity index (χ0) is 21.9. The molecule has 1 atom stereocenters. The van der Waals surface area contributed by atoms with Crippen LogP contribution in [-0.4, -0.2) is 37.3 Å². The lowest BCUT2D eigenvalue weighted by Crippen LogP contribution is -2.48. The van der Waals surface area contributed by atoms with Crippen molar-refractivity contribution in [1.82, 2.24) is 16.0 Å². The molecule has 1 aromatic carbocycles. The Bertz CT molecular complexity index is 744. The minimum absolute atomic E-state index is 0. The van der Waals surface area contributed by atoms with Crippen molar-refractivity contribution in [2.45, 2.75) is 65.1 Å². The molecule has 168 valence electrons. The number of hydrogen-bond acceptors (Lipinski definition) is 4. The van der Waals surface area contributed by atoms with E-state index in [9.17, 15) is 9.18 Å². The van der Waals surface area contributed by atoms with Crippen LogP contribution in [0.25, 0.3) is 0 Å². The summed E-state index contributed by atoms with van der Waals surface area (Å²) in [7, 11) is 1.63. The average Bonchev–Trinajstić information content (AvgIpc) is 2.66. The lowest BCUT2D eigenvalue weighted by Gasteiger charge is -2.24. The largest absolute Gasteiger partial charge is 0.444 e. The van der Waals surface area contributed by atoms with E-state index in [4.69, 9.17) is 10.00 Å². The van der Waals surface area contributed by atoms with E-state index in [2.05, 4.69) is 27.9 Å². The van der Waals surface area contributed by atoms with Gasteiger partial charge in [0.25, 0.3) is 0 Å². The second kappa shape index (κ2) is 14.0. The molecule has 1 amide bonds. The first-order valence-corrected chi connectivity index (χ1v) is 9.81. The number of guanidine groups is 1. The monoisotopic (exact) mass is 533 g/mol. The van der Waals surface area contributed by atoms with Gasteiger partial charge in [0.1, 0.15) is 11.4 Å². The van der Waals surface area contributed by atoms with E-state index in [0.29, 0.717) is 18.1 Å². The smallest absolute Gasteiger partial charge is 0.407 e. The van der Waals surface area contributed by atoms with Crippen LogP contribution in [0.5, 0.6) is 0 Å². The molecule has 1 rings (SSSR count). The highest BCUT2D eigenvalue weighted by molar-refractivity contribution is 14.0. The van der Waals surface area contributed by atoms with Crippen LogP contribution in [0.4, 0.5) is 9.18 Å². The lowest BCUT2D eigenvalue weighted by atomic mass is 10.1. The number of nitrogens with one attached hydrogen (secondary N) is 3. The number of nitriles is 1. The lowest BCUT2D eigenvalue weighted by molar-refractivity contribution is 0.0522. The number of carbonyl (C=O) groups excluding carboxylic acids is 1. The van der Waals surface area contributed by atoms with Crippen molar-refractivity contribution in [3.05, 3.63) is 35.1 Å². The van der Waals surface area contributed by atoms with Gasteiger partial charge in [0.2, 0.25) is 0 Å². The first-order valence-electron chi connectivity index (χ1n) is 9.81. The minimum atomic E-state index is -0.556. The number of rotatable bonds is 8. The molecule has 3 N–H and O–H groups in total. The summed E-state index contributed by atoms with van der Waals surface area (Å²) >= 11 is 0. The summed E-state index contributed by atoms with van der Waals surface area (Å²) in [6.07, 6.45) is 2.36. The van der Waals surface area contributed by atoms with Crippen molar-refractivity contribution < 1.29 is 13.9 Å². The first-order chi connectivity index (χ1) is 13.7. The summed E-state index contributed by atoms with van der Waals surface area (Å²) in [5, 5.41) is 17.9. The van der Waals surface area contributed by atoms with Gasteiger partial charge in [-0.1, -0.05) is 25.8 Å². The van der Waals surface area contributed by atoms with E-state index in [-0.39, 0.29) is 42.1 Å². The van der Waals surface area contributed by atoms with Gasteiger partial charge in [0.05, 0.1) is 11.6 Å². The normalized spacial score (nSPS) is 12.2. The molecule has 1 unspecified atom stereocenters. The van der Waals surface area contributed by atoms with Crippen LogP contribution in [-0.2, 0) is 11.3 Å². The molecule has 7 nitrogen and oxygen atoms in total. The van der Waals surface area contributed by atoms with E-state index in [1.807, 2.05) is 26.8 Å². The van der Waals surface area contributed by atoms with Gasteiger partial charge in [-0.3, -0.25) is 4.99 Å². The third-order valence-electron chi connectivity index (χ3n) is 3.99. The van der Waals surface area contributed by atoms with Gasteiger partial charge in [-0.25, -0.2) is 9.18 Å². The summed E-state index contributed by atoms with van der Waals surface area (Å²) < 4.78 is 19.3. The summed E-state index contributed by atoms with van der Waals surface area (Å²) in [5.74, 6) is 0.0574. The van der Waals surface area contributed by atoms with E-state index >= 15 is 0 Å². The molecule has 0 aliphatic heterocycles. The SMILES string of the molecule is CCCCC(CNC(=O)OC(C)(C)C)NC(=NC)NCc1ccc(C#N)cc1F.I. The van der Waals surface area contributed by atoms with Crippen molar-refractivity contribution in [2.24, 2.45) is 4.99 Å². The Morgan fingerprint density at radius 2 is 2.03 bits per heavy atom. The Labute approximate surface area is 195 Å². The average molecular weight is 533 g/mol. The van der Waals surface area contributed by atoms with Crippen LogP contribution in [0.2, 0.25) is 0 Å². The fourth-order valence-electron chi connectivity index (χ4n) is 2.52. The highest BCUT2D eigenvalue weighted by atomic mass is 127. The summed E-state index contributed by atoms with van der Waals surface area (Å²) in [6, 6.07) is 6.22. The highest BCUT2D eigenvalue weighted by Gasteiger charge is 2.18. The maximum atomic E-state index is 14.1. The number of alkyl carbamates (subject to hydrolysis) is 1. The van der Waals surface area contributed by atoms with Crippen molar-refractivity contribution in [2.75, 3.05) is 13.6 Å². The van der Waals surface area contributed by atoms with Crippen molar-refractivity contribution >= 4 is 36.0 Å². The fraction of sp³-hybridized carbons (Fsp3) is 0.571. The van der Waals surface area contributed by atoms with Crippen molar-refractivity contribution in [3.63, 3.8) is 0 Å². The number of amides is 1. The molecule has 30 heavy (non-hydrogen) atoms. The molecule has 0 aliphatic rings. The van der Waals surface area contributed by atoms with Crippen LogP contribution in [0, 0.1) is 17.1 Å². The van der Waals surface area contributed by atoms with Gasteiger partial charge in [-0.15, -0.1) is 24.0 Å². The standard InChI is InChI=1S/C21H32FN5O2.HI/c1-6-7-8-17(14-26-20(28)29-21(2,3)4)27-19(24-5)25-13-16-10-9-15(12-23)11-18(16)22;/h9-11,17H,6-8,13-14H2,1-5H3,(H,26,28)(H2,24,25,27);1H. The Hall–Kier alpha value is -2.09. The number of carbonyl (C=O) groups is 1. The van der Waals surface area contributed by atoms with Crippen molar-refractivity contribution in [3.8, 4) is 6.07 Å². The Kier molecular flexibility index (Phi) is 13.0. The fourth-order valence-corrected chi connectivity index (χ4v) is 2.52. The molecule has 0 bridgehead atoms.